The molecule has 0 bridgehead atoms. The van der Waals surface area contributed by atoms with E-state index in [1.165, 1.54) is 14.0 Å². The van der Waals surface area contributed by atoms with Crippen LogP contribution in [0.2, 0.25) is 0 Å². The first-order valence-electron chi connectivity index (χ1n) is 6.77. The van der Waals surface area contributed by atoms with Crippen LogP contribution in [0.5, 0.6) is 5.75 Å². The zero-order valence-corrected chi connectivity index (χ0v) is 12.0. The molecule has 2 rings (SSSR count). The highest BCUT2D eigenvalue weighted by Gasteiger charge is 2.42. The second-order valence-corrected chi connectivity index (χ2v) is 5.11. The lowest BCUT2D eigenvalue weighted by Crippen LogP contribution is -2.38. The van der Waals surface area contributed by atoms with Crippen LogP contribution in [0.3, 0.4) is 0 Å². The fraction of sp³-hybridized carbons (Fsp3) is 0.438. The number of carbonyl (C=O) groups excluding carboxylic acids is 2. The molecule has 1 aliphatic heterocycles. The van der Waals surface area contributed by atoms with Gasteiger partial charge in [0.15, 0.2) is 0 Å². The molecule has 0 aliphatic carbocycles. The molecule has 5 nitrogen and oxygen atoms in total. The number of nitrogens with zero attached hydrogens (tertiary/aromatic N) is 1. The Morgan fingerprint density at radius 3 is 2.81 bits per heavy atom. The van der Waals surface area contributed by atoms with E-state index >= 15 is 0 Å². The zero-order chi connectivity index (χ0) is 15.4. The van der Waals surface area contributed by atoms with Crippen LogP contribution in [0.25, 0.3) is 0 Å². The number of fused-ring (bicyclic) bond motifs is 1. The maximum Gasteiger partial charge on any atom is 0.316 e. The number of esters is 1. The lowest BCUT2D eigenvalue weighted by atomic mass is 9.73. The van der Waals surface area contributed by atoms with Crippen LogP contribution >= 0.6 is 0 Å². The number of rotatable bonds is 4. The molecule has 0 amide bonds. The molecular formula is C16H17NO4. The number of hydrogen-bond acceptors (Lipinski definition) is 5. The second-order valence-electron chi connectivity index (χ2n) is 5.11. The van der Waals surface area contributed by atoms with Gasteiger partial charge < -0.3 is 9.47 Å². The van der Waals surface area contributed by atoms with E-state index in [4.69, 9.17) is 14.7 Å². The van der Waals surface area contributed by atoms with Crippen LogP contribution in [-0.2, 0) is 14.3 Å². The molecule has 0 fully saturated rings. The molecule has 21 heavy (non-hydrogen) atoms. The van der Waals surface area contributed by atoms with Crippen molar-refractivity contribution in [3.05, 3.63) is 29.8 Å². The van der Waals surface area contributed by atoms with E-state index in [1.54, 1.807) is 6.07 Å². The third kappa shape index (κ3) is 2.89. The van der Waals surface area contributed by atoms with Crippen molar-refractivity contribution < 1.29 is 19.1 Å². The summed E-state index contributed by atoms with van der Waals surface area (Å²) >= 11 is 0. The van der Waals surface area contributed by atoms with Crippen LogP contribution < -0.4 is 4.74 Å². The molecular weight excluding hydrogens is 270 g/mol. The number of Topliss-reactive ketones (excluding diaryl/α,β-unsaturated/α-hetero) is 1. The average Bonchev–Trinajstić information content (AvgIpc) is 2.49. The molecule has 1 aliphatic rings. The fourth-order valence-corrected chi connectivity index (χ4v) is 2.89. The minimum Gasteiger partial charge on any atom is -0.493 e. The number of para-hydroxylation sites is 1. The Morgan fingerprint density at radius 2 is 2.19 bits per heavy atom. The number of hydrogen-bond donors (Lipinski definition) is 0. The topological polar surface area (TPSA) is 76.4 Å². The SMILES string of the molecule is COC(=O)C(C(C)=O)C1c2ccccc2OCC1CC#N. The first-order valence-corrected chi connectivity index (χ1v) is 6.77. The molecule has 1 aromatic carbocycles. The van der Waals surface area contributed by atoms with E-state index in [2.05, 4.69) is 6.07 Å². The molecule has 1 heterocycles. The predicted molar refractivity (Wildman–Crippen MR) is 74.6 cm³/mol. The van der Waals surface area contributed by atoms with Crippen molar-refractivity contribution in [1.82, 2.24) is 0 Å². The van der Waals surface area contributed by atoms with Crippen LogP contribution in [-0.4, -0.2) is 25.5 Å². The van der Waals surface area contributed by atoms with Gasteiger partial charge >= 0.3 is 5.97 Å². The fourth-order valence-electron chi connectivity index (χ4n) is 2.89. The molecule has 5 heteroatoms. The van der Waals surface area contributed by atoms with Gasteiger partial charge in [0.2, 0.25) is 0 Å². The normalized spacial score (nSPS) is 21.4. The van der Waals surface area contributed by atoms with Crippen molar-refractivity contribution >= 4 is 11.8 Å². The lowest BCUT2D eigenvalue weighted by Gasteiger charge is -2.35. The molecule has 3 atom stereocenters. The second kappa shape index (κ2) is 6.40. The van der Waals surface area contributed by atoms with Crippen molar-refractivity contribution in [3.63, 3.8) is 0 Å². The van der Waals surface area contributed by atoms with Crippen LogP contribution in [0.4, 0.5) is 0 Å². The molecule has 110 valence electrons. The maximum atomic E-state index is 12.0. The predicted octanol–water partition coefficient (Wildman–Crippen LogP) is 2.07. The summed E-state index contributed by atoms with van der Waals surface area (Å²) in [7, 11) is 1.27. The van der Waals surface area contributed by atoms with Gasteiger partial charge in [-0.2, -0.15) is 5.26 Å². The van der Waals surface area contributed by atoms with Gasteiger partial charge in [-0.05, 0) is 18.6 Å². The molecule has 0 radical (unpaired) electrons. The standard InChI is InChI=1S/C16H17NO4/c1-10(18)14(16(19)20-2)15-11(7-8-17)9-21-13-6-4-3-5-12(13)15/h3-6,11,14-15H,7,9H2,1-2H3. The summed E-state index contributed by atoms with van der Waals surface area (Å²) in [6.45, 7) is 1.69. The van der Waals surface area contributed by atoms with Gasteiger partial charge in [0, 0.05) is 18.3 Å². The smallest absolute Gasteiger partial charge is 0.316 e. The number of methoxy groups -OCH3 is 1. The highest BCUT2D eigenvalue weighted by Crippen LogP contribution is 2.43. The summed E-state index contributed by atoms with van der Waals surface area (Å²) in [4.78, 5) is 24.0. The molecule has 3 unspecified atom stereocenters. The number of benzene rings is 1. The summed E-state index contributed by atoms with van der Waals surface area (Å²) in [5.41, 5.74) is 0.787. The number of nitriles is 1. The van der Waals surface area contributed by atoms with Gasteiger partial charge in [-0.15, -0.1) is 0 Å². The van der Waals surface area contributed by atoms with Crippen LogP contribution in [0.15, 0.2) is 24.3 Å². The van der Waals surface area contributed by atoms with E-state index < -0.39 is 11.9 Å². The third-order valence-electron chi connectivity index (χ3n) is 3.84. The van der Waals surface area contributed by atoms with Gasteiger partial charge in [0.1, 0.15) is 17.5 Å². The number of ether oxygens (including phenoxy) is 2. The lowest BCUT2D eigenvalue weighted by molar-refractivity contribution is -0.150. The monoisotopic (exact) mass is 287 g/mol. The summed E-state index contributed by atoms with van der Waals surface area (Å²) in [6.07, 6.45) is 0.222. The Balaban J connectivity index is 2.50. The van der Waals surface area contributed by atoms with E-state index in [1.807, 2.05) is 18.2 Å². The quantitative estimate of drug-likeness (QED) is 0.626. The Bertz CT molecular complexity index is 590. The van der Waals surface area contributed by atoms with Gasteiger partial charge in [-0.1, -0.05) is 18.2 Å². The van der Waals surface area contributed by atoms with Crippen LogP contribution in [0, 0.1) is 23.2 Å². The molecule has 1 aromatic rings. The number of ketones is 1. The summed E-state index contributed by atoms with van der Waals surface area (Å²) in [5, 5.41) is 8.99. The largest absolute Gasteiger partial charge is 0.493 e. The number of carbonyl (C=O) groups is 2. The molecule has 0 saturated heterocycles. The van der Waals surface area contributed by atoms with Crippen molar-refractivity contribution in [2.24, 2.45) is 11.8 Å². The first-order chi connectivity index (χ1) is 10.1. The minimum atomic E-state index is -0.904. The van der Waals surface area contributed by atoms with Crippen molar-refractivity contribution in [2.75, 3.05) is 13.7 Å². The Hall–Kier alpha value is -2.35. The van der Waals surface area contributed by atoms with Gasteiger partial charge in [-0.25, -0.2) is 0 Å². The van der Waals surface area contributed by atoms with E-state index in [0.717, 1.165) is 5.56 Å². The molecule has 0 saturated carbocycles. The third-order valence-corrected chi connectivity index (χ3v) is 3.84. The van der Waals surface area contributed by atoms with Crippen LogP contribution in [0.1, 0.15) is 24.8 Å². The highest BCUT2D eigenvalue weighted by molar-refractivity contribution is 5.99. The Labute approximate surface area is 123 Å². The van der Waals surface area contributed by atoms with Gasteiger partial charge in [0.25, 0.3) is 0 Å². The summed E-state index contributed by atoms with van der Waals surface area (Å²) < 4.78 is 10.4. The van der Waals surface area contributed by atoms with E-state index in [-0.39, 0.29) is 24.0 Å². The summed E-state index contributed by atoms with van der Waals surface area (Å²) in [6, 6.07) is 9.41. The molecule has 0 aromatic heterocycles. The molecule has 0 N–H and O–H groups in total. The summed E-state index contributed by atoms with van der Waals surface area (Å²) in [5.74, 6) is -1.67. The van der Waals surface area contributed by atoms with Gasteiger partial charge in [-0.3, -0.25) is 9.59 Å². The van der Waals surface area contributed by atoms with Crippen molar-refractivity contribution in [1.29, 1.82) is 5.26 Å². The zero-order valence-electron chi connectivity index (χ0n) is 12.0. The maximum absolute atomic E-state index is 12.0. The van der Waals surface area contributed by atoms with Crippen molar-refractivity contribution in [2.45, 2.75) is 19.3 Å². The highest BCUT2D eigenvalue weighted by atomic mass is 16.5. The first kappa shape index (κ1) is 15.0. The Kier molecular flexibility index (Phi) is 4.59. The van der Waals surface area contributed by atoms with Crippen molar-refractivity contribution in [3.8, 4) is 11.8 Å². The Morgan fingerprint density at radius 1 is 1.48 bits per heavy atom. The molecule has 0 spiro atoms. The van der Waals surface area contributed by atoms with E-state index in [0.29, 0.717) is 12.4 Å². The average molecular weight is 287 g/mol. The van der Waals surface area contributed by atoms with Gasteiger partial charge in [0.05, 0.1) is 19.8 Å². The minimum absolute atomic E-state index is 0.210. The van der Waals surface area contributed by atoms with E-state index in [9.17, 15) is 9.59 Å².